The Hall–Kier alpha value is -2.79. The first kappa shape index (κ1) is 13.6. The number of H-pyrrole nitrogens is 1. The van der Waals surface area contributed by atoms with Crippen molar-refractivity contribution in [2.75, 3.05) is 13.1 Å². The molecule has 1 aromatic carbocycles. The Kier molecular flexibility index (Phi) is 3.72. The first-order valence-electron chi connectivity index (χ1n) is 5.71. The number of aromatic nitrogens is 1. The summed E-state index contributed by atoms with van der Waals surface area (Å²) in [7, 11) is 0. The van der Waals surface area contributed by atoms with Crippen molar-refractivity contribution in [2.45, 2.75) is 0 Å². The van der Waals surface area contributed by atoms with Gasteiger partial charge in [0.1, 0.15) is 5.69 Å². The lowest BCUT2D eigenvalue weighted by atomic mass is 10.2. The molecule has 0 saturated heterocycles. The molecule has 20 heavy (non-hydrogen) atoms. The molecule has 0 saturated carbocycles. The molecular formula is C15H10F2N2O. The van der Waals surface area contributed by atoms with E-state index in [2.05, 4.69) is 16.8 Å². The molecular weight excluding hydrogens is 262 g/mol. The predicted octanol–water partition coefficient (Wildman–Crippen LogP) is 2.15. The third-order valence-corrected chi connectivity index (χ3v) is 2.77. The summed E-state index contributed by atoms with van der Waals surface area (Å²) in [4.78, 5) is 16.2. The molecule has 0 spiro atoms. The molecule has 0 aliphatic carbocycles. The third kappa shape index (κ3) is 2.34. The Labute approximate surface area is 114 Å². The van der Waals surface area contributed by atoms with Gasteiger partial charge in [-0.1, -0.05) is 11.8 Å². The lowest BCUT2D eigenvalue weighted by Gasteiger charge is -2.15. The van der Waals surface area contributed by atoms with Gasteiger partial charge in [-0.05, 0) is 18.2 Å². The summed E-state index contributed by atoms with van der Waals surface area (Å²) in [5.74, 6) is 2.20. The Morgan fingerprint density at radius 1 is 1.25 bits per heavy atom. The molecule has 0 radical (unpaired) electrons. The van der Waals surface area contributed by atoms with Gasteiger partial charge in [-0.25, -0.2) is 8.78 Å². The number of hydrogen-bond acceptors (Lipinski definition) is 1. The fourth-order valence-electron chi connectivity index (χ4n) is 1.85. The number of terminal acetylenes is 2. The minimum Gasteiger partial charge on any atom is -0.350 e. The zero-order chi connectivity index (χ0) is 14.7. The molecule has 1 aromatic heterocycles. The van der Waals surface area contributed by atoms with Gasteiger partial charge in [0.25, 0.3) is 5.91 Å². The van der Waals surface area contributed by atoms with E-state index in [4.69, 9.17) is 12.8 Å². The molecule has 1 amide bonds. The quantitative estimate of drug-likeness (QED) is 0.854. The summed E-state index contributed by atoms with van der Waals surface area (Å²) >= 11 is 0. The van der Waals surface area contributed by atoms with Crippen LogP contribution in [0.5, 0.6) is 0 Å². The van der Waals surface area contributed by atoms with Crippen LogP contribution in [0, 0.1) is 36.3 Å². The molecule has 2 rings (SSSR count). The van der Waals surface area contributed by atoms with Gasteiger partial charge in [-0.3, -0.25) is 4.79 Å². The summed E-state index contributed by atoms with van der Waals surface area (Å²) < 4.78 is 26.7. The summed E-state index contributed by atoms with van der Waals surface area (Å²) in [6.45, 7) is 0.0739. The van der Waals surface area contributed by atoms with Crippen LogP contribution in [-0.4, -0.2) is 28.9 Å². The van der Waals surface area contributed by atoms with Gasteiger partial charge in [0, 0.05) is 10.9 Å². The van der Waals surface area contributed by atoms with Crippen LogP contribution < -0.4 is 0 Å². The summed E-state index contributed by atoms with van der Waals surface area (Å²) in [6, 6.07) is 3.59. The zero-order valence-electron chi connectivity index (χ0n) is 10.4. The number of hydrogen-bond donors (Lipinski definition) is 1. The summed E-state index contributed by atoms with van der Waals surface area (Å²) in [6.07, 6.45) is 10.3. The van der Waals surface area contributed by atoms with E-state index in [-0.39, 0.29) is 24.2 Å². The van der Waals surface area contributed by atoms with Crippen LogP contribution in [0.3, 0.4) is 0 Å². The zero-order valence-corrected chi connectivity index (χ0v) is 10.4. The number of carbonyl (C=O) groups excluding carboxylic acids is 1. The van der Waals surface area contributed by atoms with Crippen LogP contribution in [0.2, 0.25) is 0 Å². The molecule has 1 heterocycles. The molecule has 0 fully saturated rings. The van der Waals surface area contributed by atoms with Gasteiger partial charge >= 0.3 is 0 Å². The highest BCUT2D eigenvalue weighted by atomic mass is 19.2. The van der Waals surface area contributed by atoms with Gasteiger partial charge in [0.15, 0.2) is 11.6 Å². The molecule has 1 N–H and O–H groups in total. The van der Waals surface area contributed by atoms with Crippen LogP contribution in [0.1, 0.15) is 10.5 Å². The summed E-state index contributed by atoms with van der Waals surface area (Å²) in [5, 5.41) is 0.00900. The smallest absolute Gasteiger partial charge is 0.271 e. The van der Waals surface area contributed by atoms with E-state index in [9.17, 15) is 13.6 Å². The van der Waals surface area contributed by atoms with E-state index in [0.29, 0.717) is 5.52 Å². The number of amides is 1. The first-order chi connectivity index (χ1) is 9.58. The average Bonchev–Trinajstić information content (AvgIpc) is 2.87. The Bertz CT molecular complexity index is 734. The van der Waals surface area contributed by atoms with E-state index in [1.807, 2.05) is 0 Å². The van der Waals surface area contributed by atoms with Crippen LogP contribution >= 0.6 is 0 Å². The molecule has 100 valence electrons. The van der Waals surface area contributed by atoms with E-state index < -0.39 is 17.5 Å². The molecule has 3 nitrogen and oxygen atoms in total. The molecule has 0 atom stereocenters. The molecule has 5 heteroatoms. The second-order valence-electron chi connectivity index (χ2n) is 4.08. The van der Waals surface area contributed by atoms with Crippen molar-refractivity contribution >= 4 is 16.8 Å². The highest BCUT2D eigenvalue weighted by molar-refractivity contribution is 5.98. The molecule has 0 bridgehead atoms. The topological polar surface area (TPSA) is 36.1 Å². The standard InChI is InChI=1S/C15H10F2N2O/c1-3-7-19(8-4-2)15(20)13-9-10-12(18-13)6-5-11(16)14(10)17/h1-2,5-6,9,18H,7-8H2. The highest BCUT2D eigenvalue weighted by Crippen LogP contribution is 2.21. The average molecular weight is 272 g/mol. The Morgan fingerprint density at radius 3 is 2.50 bits per heavy atom. The van der Waals surface area contributed by atoms with E-state index in [0.717, 1.165) is 6.07 Å². The van der Waals surface area contributed by atoms with Crippen LogP contribution in [0.15, 0.2) is 18.2 Å². The van der Waals surface area contributed by atoms with Gasteiger partial charge < -0.3 is 9.88 Å². The molecule has 0 unspecified atom stereocenters. The predicted molar refractivity (Wildman–Crippen MR) is 71.8 cm³/mol. The van der Waals surface area contributed by atoms with Crippen LogP contribution in [0.25, 0.3) is 10.9 Å². The maximum Gasteiger partial charge on any atom is 0.271 e. The second-order valence-corrected chi connectivity index (χ2v) is 4.08. The molecule has 0 aliphatic rings. The van der Waals surface area contributed by atoms with E-state index in [1.54, 1.807) is 0 Å². The third-order valence-electron chi connectivity index (χ3n) is 2.77. The van der Waals surface area contributed by atoms with E-state index in [1.165, 1.54) is 17.0 Å². The van der Waals surface area contributed by atoms with Crippen molar-refractivity contribution in [3.05, 3.63) is 35.5 Å². The Morgan fingerprint density at radius 2 is 1.90 bits per heavy atom. The maximum atomic E-state index is 13.6. The number of fused-ring (bicyclic) bond motifs is 1. The SMILES string of the molecule is C#CCN(CC#C)C(=O)c1cc2c(F)c(F)ccc2[nH]1. The fraction of sp³-hybridized carbons (Fsp3) is 0.133. The molecule has 0 aliphatic heterocycles. The van der Waals surface area contributed by atoms with E-state index >= 15 is 0 Å². The monoisotopic (exact) mass is 272 g/mol. The Balaban J connectivity index is 2.43. The lowest BCUT2D eigenvalue weighted by Crippen LogP contribution is -2.31. The van der Waals surface area contributed by atoms with Crippen molar-refractivity contribution in [3.63, 3.8) is 0 Å². The number of nitrogens with one attached hydrogen (secondary N) is 1. The number of aromatic amines is 1. The van der Waals surface area contributed by atoms with Gasteiger partial charge in [0.2, 0.25) is 0 Å². The van der Waals surface area contributed by atoms with Crippen molar-refractivity contribution in [2.24, 2.45) is 0 Å². The lowest BCUT2D eigenvalue weighted by molar-refractivity contribution is 0.0791. The number of benzene rings is 1. The van der Waals surface area contributed by atoms with Crippen molar-refractivity contribution < 1.29 is 13.6 Å². The minimum atomic E-state index is -1.00. The number of rotatable bonds is 3. The number of halogens is 2. The first-order valence-corrected chi connectivity index (χ1v) is 5.71. The van der Waals surface area contributed by atoms with Crippen molar-refractivity contribution in [3.8, 4) is 24.7 Å². The van der Waals surface area contributed by atoms with Crippen LogP contribution in [-0.2, 0) is 0 Å². The van der Waals surface area contributed by atoms with Crippen molar-refractivity contribution in [1.29, 1.82) is 0 Å². The second kappa shape index (κ2) is 5.46. The molecule has 2 aromatic rings. The maximum absolute atomic E-state index is 13.6. The normalized spacial score (nSPS) is 10.0. The fourth-order valence-corrected chi connectivity index (χ4v) is 1.85. The van der Waals surface area contributed by atoms with Crippen LogP contribution in [0.4, 0.5) is 8.78 Å². The largest absolute Gasteiger partial charge is 0.350 e. The van der Waals surface area contributed by atoms with Crippen molar-refractivity contribution in [1.82, 2.24) is 9.88 Å². The summed E-state index contributed by atoms with van der Waals surface area (Å²) in [5.41, 5.74) is 0.434. The number of nitrogens with zero attached hydrogens (tertiary/aromatic N) is 1. The highest BCUT2D eigenvalue weighted by Gasteiger charge is 2.18. The number of carbonyl (C=O) groups is 1. The van der Waals surface area contributed by atoms with Gasteiger partial charge in [-0.2, -0.15) is 0 Å². The van der Waals surface area contributed by atoms with Gasteiger partial charge in [0.05, 0.1) is 13.1 Å². The van der Waals surface area contributed by atoms with Gasteiger partial charge in [-0.15, -0.1) is 12.8 Å². The minimum absolute atomic E-state index is 0.00900.